The van der Waals surface area contributed by atoms with Crippen molar-refractivity contribution in [2.24, 2.45) is 0 Å². The van der Waals surface area contributed by atoms with Crippen LogP contribution in [0, 0.1) is 0 Å². The molecule has 0 aliphatic carbocycles. The van der Waals surface area contributed by atoms with E-state index in [-0.39, 0.29) is 44.9 Å². The summed E-state index contributed by atoms with van der Waals surface area (Å²) in [5.41, 5.74) is 0. The van der Waals surface area contributed by atoms with E-state index in [1.807, 2.05) is 6.92 Å². The van der Waals surface area contributed by atoms with Crippen molar-refractivity contribution >= 4 is 23.9 Å². The maximum Gasteiger partial charge on any atom is 0.306 e. The Morgan fingerprint density at radius 3 is 0.824 bits per heavy atom. The van der Waals surface area contributed by atoms with Crippen LogP contribution < -0.4 is 0 Å². The van der Waals surface area contributed by atoms with E-state index in [1.165, 1.54) is 186 Å². The molecule has 436 valence electrons. The standard InChI is InChI=1S/C64H120O10/c1-6-11-15-19-23-27-31-35-39-43-47-51-57(65)70-55-56-61(72-58(66)52-48-44-40-36-32-28-24-20-16-12-7-2)62(73-59(67)53-49-45-41-37-33-29-25-21-17-13-8-3)63(64(71-56)69-10-5)74-60(68)54-50-46-42-38-34-30-26-22-18-14-9-4/h56,61-64H,6-55H2,1-5H3/t56-,61-,62+,63-,64?/m1/s1. The highest BCUT2D eigenvalue weighted by molar-refractivity contribution is 5.72. The Morgan fingerprint density at radius 1 is 0.297 bits per heavy atom. The molecule has 0 N–H and O–H groups in total. The third-order valence-corrected chi connectivity index (χ3v) is 15.1. The number of rotatable bonds is 55. The zero-order valence-electron chi connectivity index (χ0n) is 49.3. The molecule has 1 unspecified atom stereocenters. The molecule has 0 spiro atoms. The van der Waals surface area contributed by atoms with E-state index in [1.54, 1.807) is 0 Å². The van der Waals surface area contributed by atoms with Crippen LogP contribution >= 0.6 is 0 Å². The molecule has 10 nitrogen and oxygen atoms in total. The first-order valence-corrected chi connectivity index (χ1v) is 32.3. The van der Waals surface area contributed by atoms with Gasteiger partial charge in [0.1, 0.15) is 12.7 Å². The molecule has 1 aliphatic heterocycles. The molecule has 0 amide bonds. The van der Waals surface area contributed by atoms with Gasteiger partial charge in [0.15, 0.2) is 24.6 Å². The Hall–Kier alpha value is -2.20. The first-order chi connectivity index (χ1) is 36.3. The van der Waals surface area contributed by atoms with Gasteiger partial charge < -0.3 is 28.4 Å². The van der Waals surface area contributed by atoms with Gasteiger partial charge in [-0.3, -0.25) is 19.2 Å². The lowest BCUT2D eigenvalue weighted by atomic mass is 9.97. The van der Waals surface area contributed by atoms with E-state index < -0.39 is 48.6 Å². The Kier molecular flexibility index (Phi) is 49.8. The molecule has 0 aromatic carbocycles. The molecule has 10 heteroatoms. The van der Waals surface area contributed by atoms with Crippen molar-refractivity contribution < 1.29 is 47.6 Å². The predicted octanol–water partition coefficient (Wildman–Crippen LogP) is 18.8. The van der Waals surface area contributed by atoms with Crippen LogP contribution in [0.25, 0.3) is 0 Å². The average Bonchev–Trinajstić information content (AvgIpc) is 3.39. The fraction of sp³-hybridized carbons (Fsp3) is 0.938. The third kappa shape index (κ3) is 41.0. The number of hydrogen-bond acceptors (Lipinski definition) is 10. The summed E-state index contributed by atoms with van der Waals surface area (Å²) in [6.45, 7) is 10.8. The van der Waals surface area contributed by atoms with Gasteiger partial charge in [-0.05, 0) is 32.6 Å². The average molecular weight is 1050 g/mol. The van der Waals surface area contributed by atoms with Crippen LogP contribution in [0.2, 0.25) is 0 Å². The largest absolute Gasteiger partial charge is 0.463 e. The SMILES string of the molecule is CCCCCCCCCCCCCC(=O)OC[C@H]1OC(OCC)[C@H](OC(=O)CCCCCCCCCCCCC)[C@@H](OC(=O)CCCCCCCCCCCCC)[C@@H]1OC(=O)CCCCCCCCCCCCC. The van der Waals surface area contributed by atoms with Crippen LogP contribution in [0.1, 0.15) is 343 Å². The summed E-state index contributed by atoms with van der Waals surface area (Å²) in [4.78, 5) is 54.6. The smallest absolute Gasteiger partial charge is 0.306 e. The number of carbonyl (C=O) groups excluding carboxylic acids is 4. The Labute approximate surface area is 456 Å². The zero-order valence-corrected chi connectivity index (χ0v) is 49.3. The lowest BCUT2D eigenvalue weighted by molar-refractivity contribution is -0.308. The molecule has 1 fully saturated rings. The van der Waals surface area contributed by atoms with Crippen molar-refractivity contribution in [2.45, 2.75) is 374 Å². The Bertz CT molecular complexity index is 1270. The molecule has 5 atom stereocenters. The quantitative estimate of drug-likeness (QED) is 0.0330. The lowest BCUT2D eigenvalue weighted by Gasteiger charge is -2.44. The molecule has 1 saturated heterocycles. The minimum absolute atomic E-state index is 0.186. The second kappa shape index (κ2) is 52.8. The first kappa shape index (κ1) is 69.8. The fourth-order valence-electron chi connectivity index (χ4n) is 10.3. The monoisotopic (exact) mass is 1050 g/mol. The number of esters is 4. The zero-order chi connectivity index (χ0) is 53.8. The van der Waals surface area contributed by atoms with E-state index in [2.05, 4.69) is 27.7 Å². The summed E-state index contributed by atoms with van der Waals surface area (Å²) in [5.74, 6) is -1.69. The minimum atomic E-state index is -1.21. The second-order valence-electron chi connectivity index (χ2n) is 22.2. The summed E-state index contributed by atoms with van der Waals surface area (Å²) >= 11 is 0. The molecule has 0 saturated carbocycles. The maximum atomic E-state index is 13.9. The van der Waals surface area contributed by atoms with E-state index in [9.17, 15) is 19.2 Å². The van der Waals surface area contributed by atoms with Crippen LogP contribution in [0.5, 0.6) is 0 Å². The summed E-state index contributed by atoms with van der Waals surface area (Å²) in [6.07, 6.45) is 46.4. The molecule has 1 heterocycles. The van der Waals surface area contributed by atoms with Crippen LogP contribution in [0.3, 0.4) is 0 Å². The lowest BCUT2D eigenvalue weighted by Crippen LogP contribution is -2.63. The van der Waals surface area contributed by atoms with Crippen LogP contribution in [-0.4, -0.2) is 67.8 Å². The van der Waals surface area contributed by atoms with Gasteiger partial charge in [-0.2, -0.15) is 0 Å². The van der Waals surface area contributed by atoms with Gasteiger partial charge in [0, 0.05) is 32.3 Å². The van der Waals surface area contributed by atoms with Crippen molar-refractivity contribution in [1.82, 2.24) is 0 Å². The summed E-state index contributed by atoms with van der Waals surface area (Å²) < 4.78 is 37.2. The Morgan fingerprint density at radius 2 is 0.541 bits per heavy atom. The molecular weight excluding hydrogens is 929 g/mol. The van der Waals surface area contributed by atoms with Crippen LogP contribution in [-0.2, 0) is 47.6 Å². The highest BCUT2D eigenvalue weighted by atomic mass is 16.7. The molecule has 74 heavy (non-hydrogen) atoms. The van der Waals surface area contributed by atoms with Gasteiger partial charge in [0.05, 0.1) is 0 Å². The van der Waals surface area contributed by atoms with Gasteiger partial charge in [-0.25, -0.2) is 0 Å². The van der Waals surface area contributed by atoms with Crippen molar-refractivity contribution in [2.75, 3.05) is 13.2 Å². The van der Waals surface area contributed by atoms with Gasteiger partial charge in [-0.1, -0.05) is 285 Å². The summed E-state index contributed by atoms with van der Waals surface area (Å²) in [5, 5.41) is 0. The van der Waals surface area contributed by atoms with Gasteiger partial charge in [0.25, 0.3) is 0 Å². The van der Waals surface area contributed by atoms with E-state index >= 15 is 0 Å². The van der Waals surface area contributed by atoms with Gasteiger partial charge >= 0.3 is 23.9 Å². The van der Waals surface area contributed by atoms with Crippen molar-refractivity contribution in [1.29, 1.82) is 0 Å². The van der Waals surface area contributed by atoms with Gasteiger partial charge in [-0.15, -0.1) is 0 Å². The molecule has 1 aliphatic rings. The van der Waals surface area contributed by atoms with E-state index in [0.717, 1.165) is 77.0 Å². The number of unbranched alkanes of at least 4 members (excludes halogenated alkanes) is 40. The summed E-state index contributed by atoms with van der Waals surface area (Å²) in [7, 11) is 0. The molecule has 0 radical (unpaired) electrons. The third-order valence-electron chi connectivity index (χ3n) is 15.1. The van der Waals surface area contributed by atoms with Crippen molar-refractivity contribution in [3.63, 3.8) is 0 Å². The highest BCUT2D eigenvalue weighted by Crippen LogP contribution is 2.31. The second-order valence-corrected chi connectivity index (χ2v) is 22.2. The fourth-order valence-corrected chi connectivity index (χ4v) is 10.3. The minimum Gasteiger partial charge on any atom is -0.463 e. The topological polar surface area (TPSA) is 124 Å². The molecule has 0 aromatic rings. The van der Waals surface area contributed by atoms with Crippen molar-refractivity contribution in [3.8, 4) is 0 Å². The highest BCUT2D eigenvalue weighted by Gasteiger charge is 2.53. The van der Waals surface area contributed by atoms with E-state index in [0.29, 0.717) is 19.3 Å². The number of carbonyl (C=O) groups is 4. The normalized spacial score (nSPS) is 17.6. The molecule has 0 aromatic heterocycles. The molecular formula is C64H120O10. The predicted molar refractivity (Wildman–Crippen MR) is 305 cm³/mol. The first-order valence-electron chi connectivity index (χ1n) is 32.3. The van der Waals surface area contributed by atoms with Crippen LogP contribution in [0.4, 0.5) is 0 Å². The van der Waals surface area contributed by atoms with Gasteiger partial charge in [0.2, 0.25) is 0 Å². The van der Waals surface area contributed by atoms with Crippen molar-refractivity contribution in [3.05, 3.63) is 0 Å². The number of hydrogen-bond donors (Lipinski definition) is 0. The number of ether oxygens (including phenoxy) is 6. The Balaban J connectivity index is 3.10. The summed E-state index contributed by atoms with van der Waals surface area (Å²) in [6, 6.07) is 0. The molecule has 1 rings (SSSR count). The van der Waals surface area contributed by atoms with Crippen LogP contribution in [0.15, 0.2) is 0 Å². The van der Waals surface area contributed by atoms with E-state index in [4.69, 9.17) is 28.4 Å². The maximum absolute atomic E-state index is 13.9. The molecule has 0 bridgehead atoms.